The number of hydrogen-bond acceptors (Lipinski definition) is 4. The number of benzene rings is 1. The van der Waals surface area contributed by atoms with Gasteiger partial charge in [-0.05, 0) is 48.2 Å². The molecule has 0 amide bonds. The molecule has 2 N–H and O–H groups in total. The summed E-state index contributed by atoms with van der Waals surface area (Å²) in [4.78, 5) is 17.8. The Morgan fingerprint density at radius 3 is 2.36 bits per heavy atom. The van der Waals surface area contributed by atoms with E-state index < -0.39 is 5.97 Å². The first-order valence-corrected chi connectivity index (χ1v) is 8.95. The minimum Gasteiger partial charge on any atom is -0.478 e. The van der Waals surface area contributed by atoms with Crippen LogP contribution in [0.15, 0.2) is 42.6 Å². The lowest BCUT2D eigenvalue weighted by atomic mass is 10.1. The van der Waals surface area contributed by atoms with Crippen molar-refractivity contribution in [1.29, 1.82) is 0 Å². The van der Waals surface area contributed by atoms with Crippen LogP contribution < -0.4 is 10.2 Å². The van der Waals surface area contributed by atoms with Crippen molar-refractivity contribution in [3.05, 3.63) is 59.3 Å². The average molecular weight is 339 g/mol. The number of carbonyl (C=O) groups is 1. The molecule has 0 unspecified atom stereocenters. The highest BCUT2D eigenvalue weighted by Crippen LogP contribution is 2.18. The molecular weight excluding hydrogens is 314 g/mol. The molecule has 0 bridgehead atoms. The van der Waals surface area contributed by atoms with Crippen molar-refractivity contribution in [1.82, 2.24) is 10.3 Å². The summed E-state index contributed by atoms with van der Waals surface area (Å²) in [6, 6.07) is 11.2. The first-order chi connectivity index (χ1) is 12.2. The van der Waals surface area contributed by atoms with Gasteiger partial charge in [0.05, 0.1) is 5.56 Å². The molecule has 1 aliphatic rings. The number of carboxylic acid groups (broad SMARTS) is 1. The van der Waals surface area contributed by atoms with Gasteiger partial charge in [-0.1, -0.05) is 25.0 Å². The van der Waals surface area contributed by atoms with E-state index in [0.29, 0.717) is 12.1 Å². The minimum atomic E-state index is -0.891. The summed E-state index contributed by atoms with van der Waals surface area (Å²) in [5.41, 5.74) is 2.61. The topological polar surface area (TPSA) is 65.5 Å². The molecule has 1 fully saturated rings. The van der Waals surface area contributed by atoms with Crippen LogP contribution in [0.1, 0.15) is 47.2 Å². The number of pyridine rings is 1. The van der Waals surface area contributed by atoms with Crippen LogP contribution >= 0.6 is 0 Å². The maximum absolute atomic E-state index is 10.9. The van der Waals surface area contributed by atoms with Gasteiger partial charge < -0.3 is 15.3 Å². The lowest BCUT2D eigenvalue weighted by molar-refractivity contribution is 0.0697. The molecule has 1 aromatic heterocycles. The molecule has 1 aliphatic heterocycles. The Hall–Kier alpha value is -2.40. The molecule has 25 heavy (non-hydrogen) atoms. The fourth-order valence-electron chi connectivity index (χ4n) is 3.16. The maximum Gasteiger partial charge on any atom is 0.335 e. The van der Waals surface area contributed by atoms with Crippen molar-refractivity contribution >= 4 is 11.8 Å². The third kappa shape index (κ3) is 5.03. The molecule has 1 aromatic carbocycles. The summed E-state index contributed by atoms with van der Waals surface area (Å²) >= 11 is 0. The van der Waals surface area contributed by atoms with E-state index >= 15 is 0 Å². The fraction of sp³-hybridized carbons (Fsp3) is 0.400. The predicted molar refractivity (Wildman–Crippen MR) is 98.9 cm³/mol. The molecule has 5 nitrogen and oxygen atoms in total. The van der Waals surface area contributed by atoms with Gasteiger partial charge in [-0.2, -0.15) is 0 Å². The number of nitrogens with one attached hydrogen (secondary N) is 1. The lowest BCUT2D eigenvalue weighted by Gasteiger charge is -2.21. The Kier molecular flexibility index (Phi) is 6.01. The molecule has 2 heterocycles. The van der Waals surface area contributed by atoms with E-state index in [9.17, 15) is 4.79 Å². The zero-order valence-electron chi connectivity index (χ0n) is 14.4. The number of aromatic carboxylic acids is 1. The molecule has 0 saturated carbocycles. The Morgan fingerprint density at radius 2 is 1.68 bits per heavy atom. The van der Waals surface area contributed by atoms with Crippen molar-refractivity contribution in [2.75, 3.05) is 18.0 Å². The van der Waals surface area contributed by atoms with E-state index in [-0.39, 0.29) is 0 Å². The summed E-state index contributed by atoms with van der Waals surface area (Å²) in [5.74, 6) is 0.185. The van der Waals surface area contributed by atoms with Gasteiger partial charge in [0.25, 0.3) is 0 Å². The van der Waals surface area contributed by atoms with Crippen molar-refractivity contribution in [3.63, 3.8) is 0 Å². The third-order valence-corrected chi connectivity index (χ3v) is 4.60. The summed E-state index contributed by atoms with van der Waals surface area (Å²) in [6.07, 6.45) is 7.02. The largest absolute Gasteiger partial charge is 0.478 e. The van der Waals surface area contributed by atoms with E-state index in [1.54, 1.807) is 12.1 Å². The fourth-order valence-corrected chi connectivity index (χ4v) is 3.16. The van der Waals surface area contributed by atoms with E-state index in [1.165, 1.54) is 31.2 Å². The first-order valence-electron chi connectivity index (χ1n) is 8.95. The molecule has 5 heteroatoms. The molecule has 0 radical (unpaired) electrons. The second-order valence-corrected chi connectivity index (χ2v) is 6.53. The minimum absolute atomic E-state index is 0.319. The number of hydrogen-bond donors (Lipinski definition) is 2. The standard InChI is InChI=1S/C20H25N3O2/c24-20(25)18-7-5-16(6-8-18)14-21-15-17-9-10-22-19(13-17)23-11-3-1-2-4-12-23/h5-10,13,21H,1-4,11-12,14-15H2,(H,24,25). The highest BCUT2D eigenvalue weighted by molar-refractivity contribution is 5.87. The summed E-state index contributed by atoms with van der Waals surface area (Å²) in [5, 5.41) is 12.3. The van der Waals surface area contributed by atoms with Gasteiger partial charge in [-0.15, -0.1) is 0 Å². The summed E-state index contributed by atoms with van der Waals surface area (Å²) < 4.78 is 0. The van der Waals surface area contributed by atoms with Crippen molar-refractivity contribution < 1.29 is 9.90 Å². The predicted octanol–water partition coefficient (Wildman–Crippen LogP) is 3.45. The highest BCUT2D eigenvalue weighted by Gasteiger charge is 2.11. The average Bonchev–Trinajstić information content (AvgIpc) is 2.92. The zero-order chi connectivity index (χ0) is 17.5. The molecular formula is C20H25N3O2. The van der Waals surface area contributed by atoms with Crippen molar-refractivity contribution in [2.45, 2.75) is 38.8 Å². The summed E-state index contributed by atoms with van der Waals surface area (Å²) in [7, 11) is 0. The van der Waals surface area contributed by atoms with Crippen LogP contribution in [0.5, 0.6) is 0 Å². The Bertz CT molecular complexity index is 692. The van der Waals surface area contributed by atoms with E-state index in [4.69, 9.17) is 5.11 Å². The van der Waals surface area contributed by atoms with Gasteiger partial charge in [0.15, 0.2) is 0 Å². The van der Waals surface area contributed by atoms with Gasteiger partial charge in [-0.25, -0.2) is 9.78 Å². The van der Waals surface area contributed by atoms with Crippen LogP contribution in [-0.2, 0) is 13.1 Å². The van der Waals surface area contributed by atoms with Crippen LogP contribution in [0.3, 0.4) is 0 Å². The SMILES string of the molecule is O=C(O)c1ccc(CNCc2ccnc(N3CCCCCC3)c2)cc1. The van der Waals surface area contributed by atoms with Gasteiger partial charge in [0.1, 0.15) is 5.82 Å². The normalized spacial score (nSPS) is 15.0. The molecule has 1 saturated heterocycles. The molecule has 0 aliphatic carbocycles. The van der Waals surface area contributed by atoms with Crippen LogP contribution in [0.2, 0.25) is 0 Å². The molecule has 2 aromatic rings. The smallest absolute Gasteiger partial charge is 0.335 e. The second kappa shape index (κ2) is 8.62. The summed E-state index contributed by atoms with van der Waals surface area (Å²) in [6.45, 7) is 3.67. The van der Waals surface area contributed by atoms with Gasteiger partial charge in [0, 0.05) is 32.4 Å². The monoisotopic (exact) mass is 339 g/mol. The quantitative estimate of drug-likeness (QED) is 0.844. The number of rotatable bonds is 6. The van der Waals surface area contributed by atoms with Crippen LogP contribution in [0, 0.1) is 0 Å². The van der Waals surface area contributed by atoms with Crippen LogP contribution in [0.4, 0.5) is 5.82 Å². The van der Waals surface area contributed by atoms with Crippen LogP contribution in [0.25, 0.3) is 0 Å². The van der Waals surface area contributed by atoms with Gasteiger partial charge in [0.2, 0.25) is 0 Å². The molecule has 0 spiro atoms. The molecule has 132 valence electrons. The second-order valence-electron chi connectivity index (χ2n) is 6.53. The zero-order valence-corrected chi connectivity index (χ0v) is 14.4. The number of aromatic nitrogens is 1. The van der Waals surface area contributed by atoms with Crippen molar-refractivity contribution in [3.8, 4) is 0 Å². The highest BCUT2D eigenvalue weighted by atomic mass is 16.4. The Morgan fingerprint density at radius 1 is 1.00 bits per heavy atom. The van der Waals surface area contributed by atoms with Gasteiger partial charge >= 0.3 is 5.97 Å². The Labute approximate surface area is 148 Å². The van der Waals surface area contributed by atoms with Crippen molar-refractivity contribution in [2.24, 2.45) is 0 Å². The molecule has 0 atom stereocenters. The van der Waals surface area contributed by atoms with E-state index in [1.807, 2.05) is 24.4 Å². The lowest BCUT2D eigenvalue weighted by Crippen LogP contribution is -2.25. The van der Waals surface area contributed by atoms with Gasteiger partial charge in [-0.3, -0.25) is 0 Å². The maximum atomic E-state index is 10.9. The Balaban J connectivity index is 1.54. The molecule has 3 rings (SSSR count). The van der Waals surface area contributed by atoms with E-state index in [2.05, 4.69) is 21.3 Å². The number of anilines is 1. The van der Waals surface area contributed by atoms with Crippen LogP contribution in [-0.4, -0.2) is 29.1 Å². The third-order valence-electron chi connectivity index (χ3n) is 4.60. The number of nitrogens with zero attached hydrogens (tertiary/aromatic N) is 2. The first kappa shape index (κ1) is 17.4. The van der Waals surface area contributed by atoms with E-state index in [0.717, 1.165) is 31.0 Å². The number of carboxylic acids is 1.